The molecule has 0 aromatic rings. The molecule has 0 aliphatic rings. The number of rotatable bonds is 6. The fourth-order valence-corrected chi connectivity index (χ4v) is 3.03. The topological polar surface area (TPSA) is 3.24 Å². The number of alkyl halides is 3. The highest BCUT2D eigenvalue weighted by Gasteiger charge is 2.18. The second kappa shape index (κ2) is 9.09. The van der Waals surface area contributed by atoms with Crippen LogP contribution in [0.15, 0.2) is 0 Å². The molecule has 6 heteroatoms. The van der Waals surface area contributed by atoms with Gasteiger partial charge in [0, 0.05) is 18.8 Å². The third-order valence-corrected chi connectivity index (χ3v) is 4.28. The summed E-state index contributed by atoms with van der Waals surface area (Å²) in [6.45, 7) is 6.16. The van der Waals surface area contributed by atoms with Gasteiger partial charge in [-0.1, -0.05) is 58.8 Å². The monoisotopic (exact) mass is 321 g/mol. The van der Waals surface area contributed by atoms with Gasteiger partial charge in [-0.05, 0) is 33.1 Å². The van der Waals surface area contributed by atoms with Crippen LogP contribution in [0.4, 0.5) is 0 Å². The SMILES string of the molecule is CCN(CC)C(=S)SCCCCC(Cl)(Cl)Cl. The van der Waals surface area contributed by atoms with E-state index in [1.807, 2.05) is 0 Å². The first-order chi connectivity index (χ1) is 7.40. The Labute approximate surface area is 123 Å². The van der Waals surface area contributed by atoms with Crippen molar-refractivity contribution in [3.63, 3.8) is 0 Å². The van der Waals surface area contributed by atoms with Crippen LogP contribution in [0, 0.1) is 0 Å². The maximum atomic E-state index is 5.66. The van der Waals surface area contributed by atoms with Crippen LogP contribution in [0.5, 0.6) is 0 Å². The van der Waals surface area contributed by atoms with Crippen LogP contribution < -0.4 is 0 Å². The molecule has 16 heavy (non-hydrogen) atoms. The van der Waals surface area contributed by atoms with Crippen molar-refractivity contribution in [2.45, 2.75) is 36.9 Å². The Morgan fingerprint density at radius 2 is 1.75 bits per heavy atom. The number of hydrogen-bond donors (Lipinski definition) is 0. The Hall–Kier alpha value is 1.11. The van der Waals surface area contributed by atoms with Crippen molar-refractivity contribution in [2.24, 2.45) is 0 Å². The molecule has 0 saturated heterocycles. The summed E-state index contributed by atoms with van der Waals surface area (Å²) < 4.78 is -0.136. The highest BCUT2D eigenvalue weighted by atomic mass is 35.6. The minimum atomic E-state index is -1.11. The van der Waals surface area contributed by atoms with Crippen LogP contribution in [0.25, 0.3) is 0 Å². The first kappa shape index (κ1) is 17.1. The summed E-state index contributed by atoms with van der Waals surface area (Å²) in [4.78, 5) is 2.18. The Morgan fingerprint density at radius 1 is 1.19 bits per heavy atom. The fourth-order valence-electron chi connectivity index (χ4n) is 1.16. The van der Waals surface area contributed by atoms with Crippen LogP contribution in [-0.2, 0) is 0 Å². The lowest BCUT2D eigenvalue weighted by atomic mass is 10.3. The van der Waals surface area contributed by atoms with Gasteiger partial charge in [0.25, 0.3) is 0 Å². The summed E-state index contributed by atoms with van der Waals surface area (Å²) in [5.41, 5.74) is 0. The van der Waals surface area contributed by atoms with Crippen molar-refractivity contribution >= 4 is 63.1 Å². The summed E-state index contributed by atoms with van der Waals surface area (Å²) in [6, 6.07) is 0. The molecule has 0 bridgehead atoms. The maximum Gasteiger partial charge on any atom is 0.190 e. The van der Waals surface area contributed by atoms with Crippen LogP contribution in [-0.4, -0.2) is 31.9 Å². The van der Waals surface area contributed by atoms with Crippen molar-refractivity contribution in [2.75, 3.05) is 18.8 Å². The standard InChI is InChI=1S/C10H18Cl3NS2/c1-3-14(4-2)9(15)16-8-6-5-7-10(11,12)13/h3-8H2,1-2H3. The van der Waals surface area contributed by atoms with Gasteiger partial charge in [0.2, 0.25) is 0 Å². The van der Waals surface area contributed by atoms with E-state index >= 15 is 0 Å². The number of hydrogen-bond acceptors (Lipinski definition) is 2. The van der Waals surface area contributed by atoms with Crippen molar-refractivity contribution in [1.29, 1.82) is 0 Å². The molecule has 0 rings (SSSR count). The van der Waals surface area contributed by atoms with Crippen molar-refractivity contribution in [3.8, 4) is 0 Å². The van der Waals surface area contributed by atoms with Gasteiger partial charge >= 0.3 is 0 Å². The summed E-state index contributed by atoms with van der Waals surface area (Å²) >= 11 is 24.0. The van der Waals surface area contributed by atoms with Gasteiger partial charge in [0.15, 0.2) is 3.79 Å². The summed E-state index contributed by atoms with van der Waals surface area (Å²) in [5.74, 6) is 0.996. The number of nitrogens with zero attached hydrogens (tertiary/aromatic N) is 1. The molecule has 0 heterocycles. The molecule has 0 aliphatic carbocycles. The van der Waals surface area contributed by atoms with Gasteiger partial charge in [-0.3, -0.25) is 0 Å². The van der Waals surface area contributed by atoms with Gasteiger partial charge < -0.3 is 4.90 Å². The van der Waals surface area contributed by atoms with Crippen LogP contribution in [0.2, 0.25) is 0 Å². The Balaban J connectivity index is 3.55. The molecule has 0 amide bonds. The lowest BCUT2D eigenvalue weighted by molar-refractivity contribution is 0.482. The molecule has 0 spiro atoms. The van der Waals surface area contributed by atoms with Gasteiger partial charge in [-0.15, -0.1) is 0 Å². The second-order valence-corrected chi connectivity index (χ2v) is 7.60. The van der Waals surface area contributed by atoms with Crippen LogP contribution >= 0.6 is 58.8 Å². The highest BCUT2D eigenvalue weighted by Crippen LogP contribution is 2.32. The van der Waals surface area contributed by atoms with E-state index in [1.165, 1.54) is 0 Å². The zero-order chi connectivity index (χ0) is 12.6. The molecule has 0 unspecified atom stereocenters. The molecule has 0 aliphatic heterocycles. The molecule has 0 radical (unpaired) electrons. The molecule has 0 atom stereocenters. The quantitative estimate of drug-likeness (QED) is 0.389. The van der Waals surface area contributed by atoms with E-state index in [-0.39, 0.29) is 0 Å². The maximum absolute atomic E-state index is 5.66. The van der Waals surface area contributed by atoms with Crippen molar-refractivity contribution in [1.82, 2.24) is 4.90 Å². The normalized spacial score (nSPS) is 11.6. The second-order valence-electron chi connectivity index (χ2n) is 3.36. The molecule has 0 fully saturated rings. The summed E-state index contributed by atoms with van der Waals surface area (Å²) in [7, 11) is 0. The lowest BCUT2D eigenvalue weighted by Gasteiger charge is -2.20. The first-order valence-electron chi connectivity index (χ1n) is 5.39. The number of thiocarbonyl (C=S) groups is 1. The highest BCUT2D eigenvalue weighted by molar-refractivity contribution is 8.22. The molecule has 0 aromatic heterocycles. The molecule has 0 N–H and O–H groups in total. The molecular formula is C10H18Cl3NS2. The van der Waals surface area contributed by atoms with E-state index in [9.17, 15) is 0 Å². The predicted molar refractivity (Wildman–Crippen MR) is 82.1 cm³/mol. The zero-order valence-corrected chi connectivity index (χ0v) is 13.5. The summed E-state index contributed by atoms with van der Waals surface area (Å²) in [5, 5.41) is 0. The van der Waals surface area contributed by atoms with E-state index in [1.54, 1.807) is 11.8 Å². The van der Waals surface area contributed by atoms with Gasteiger partial charge in [-0.2, -0.15) is 0 Å². The number of halogens is 3. The van der Waals surface area contributed by atoms with Crippen LogP contribution in [0.3, 0.4) is 0 Å². The van der Waals surface area contributed by atoms with Crippen LogP contribution in [0.1, 0.15) is 33.1 Å². The minimum absolute atomic E-state index is 0.607. The molecule has 96 valence electrons. The van der Waals surface area contributed by atoms with Gasteiger partial charge in [0.1, 0.15) is 4.32 Å². The fraction of sp³-hybridized carbons (Fsp3) is 0.900. The molecule has 0 saturated carbocycles. The van der Waals surface area contributed by atoms with Crippen molar-refractivity contribution in [3.05, 3.63) is 0 Å². The van der Waals surface area contributed by atoms with Gasteiger partial charge in [0.05, 0.1) is 0 Å². The first-order valence-corrected chi connectivity index (χ1v) is 7.92. The smallest absolute Gasteiger partial charge is 0.190 e. The Kier molecular flexibility index (Phi) is 9.73. The zero-order valence-electron chi connectivity index (χ0n) is 9.64. The third kappa shape index (κ3) is 9.17. The van der Waals surface area contributed by atoms with E-state index in [4.69, 9.17) is 47.0 Å². The lowest BCUT2D eigenvalue weighted by Crippen LogP contribution is -2.26. The Bertz CT molecular complexity index is 203. The molecule has 1 nitrogen and oxygen atoms in total. The molecule has 0 aromatic carbocycles. The third-order valence-electron chi connectivity index (χ3n) is 2.10. The van der Waals surface area contributed by atoms with E-state index < -0.39 is 3.79 Å². The minimum Gasteiger partial charge on any atom is -0.358 e. The predicted octanol–water partition coefficient (Wildman–Crippen LogP) is 4.89. The van der Waals surface area contributed by atoms with E-state index in [0.717, 1.165) is 36.0 Å². The van der Waals surface area contributed by atoms with Gasteiger partial charge in [-0.25, -0.2) is 0 Å². The largest absolute Gasteiger partial charge is 0.358 e. The average Bonchev–Trinajstić information content (AvgIpc) is 2.17. The van der Waals surface area contributed by atoms with E-state index in [0.29, 0.717) is 6.42 Å². The Morgan fingerprint density at radius 3 is 2.19 bits per heavy atom. The molecular weight excluding hydrogens is 305 g/mol. The van der Waals surface area contributed by atoms with Crippen molar-refractivity contribution < 1.29 is 0 Å². The summed E-state index contributed by atoms with van der Waals surface area (Å²) in [6.07, 6.45) is 2.56. The number of unbranched alkanes of at least 4 members (excludes halogenated alkanes) is 1. The van der Waals surface area contributed by atoms with E-state index in [2.05, 4.69) is 18.7 Å². The average molecular weight is 323 g/mol. The number of thioether (sulfide) groups is 1.